The zero-order chi connectivity index (χ0) is 14.1. The number of hydrogen-bond acceptors (Lipinski definition) is 4. The Kier molecular flexibility index (Phi) is 3.04. The van der Waals surface area contributed by atoms with E-state index in [4.69, 9.17) is 11.6 Å². The highest BCUT2D eigenvalue weighted by Gasteiger charge is 2.09. The van der Waals surface area contributed by atoms with Gasteiger partial charge in [0.2, 0.25) is 0 Å². The summed E-state index contributed by atoms with van der Waals surface area (Å²) in [5.74, 6) is 0.448. The molecule has 1 aromatic heterocycles. The number of para-hydroxylation sites is 1. The number of aromatic nitrogens is 2. The second-order valence-corrected chi connectivity index (χ2v) is 4.52. The van der Waals surface area contributed by atoms with Crippen molar-refractivity contribution in [3.05, 3.63) is 63.8 Å². The van der Waals surface area contributed by atoms with Crippen molar-refractivity contribution in [1.29, 1.82) is 0 Å². The first kappa shape index (κ1) is 12.5. The normalized spacial score (nSPS) is 10.7. The Labute approximate surface area is 119 Å². The number of fused-ring (bicyclic) bond motifs is 1. The molecule has 0 bridgehead atoms. The van der Waals surface area contributed by atoms with Gasteiger partial charge in [-0.25, -0.2) is 9.97 Å². The van der Waals surface area contributed by atoms with Crippen LogP contribution in [0.25, 0.3) is 22.3 Å². The summed E-state index contributed by atoms with van der Waals surface area (Å²) in [7, 11) is 0. The highest BCUT2D eigenvalue weighted by atomic mass is 35.5. The molecule has 6 heteroatoms. The summed E-state index contributed by atoms with van der Waals surface area (Å²) in [6.45, 7) is 0. The van der Waals surface area contributed by atoms with E-state index < -0.39 is 4.92 Å². The van der Waals surface area contributed by atoms with Crippen molar-refractivity contribution in [2.45, 2.75) is 0 Å². The fraction of sp³-hybridized carbons (Fsp3) is 0. The molecule has 0 spiro atoms. The third-order valence-electron chi connectivity index (χ3n) is 2.89. The number of benzene rings is 2. The molecule has 5 nitrogen and oxygen atoms in total. The molecule has 0 amide bonds. The van der Waals surface area contributed by atoms with Crippen molar-refractivity contribution >= 4 is 28.2 Å². The van der Waals surface area contributed by atoms with E-state index in [0.29, 0.717) is 16.5 Å². The van der Waals surface area contributed by atoms with Crippen LogP contribution in [0.5, 0.6) is 0 Å². The van der Waals surface area contributed by atoms with Gasteiger partial charge in [-0.1, -0.05) is 23.7 Å². The molecule has 0 unspecified atom stereocenters. The zero-order valence-corrected chi connectivity index (χ0v) is 10.9. The second-order valence-electron chi connectivity index (χ2n) is 4.16. The van der Waals surface area contributed by atoms with Gasteiger partial charge in [-0.2, -0.15) is 0 Å². The highest BCUT2D eigenvalue weighted by molar-refractivity contribution is 6.34. The van der Waals surface area contributed by atoms with Crippen LogP contribution >= 0.6 is 11.6 Å². The second kappa shape index (κ2) is 4.86. The maximum atomic E-state index is 10.6. The Morgan fingerprint density at radius 1 is 1.00 bits per heavy atom. The number of nitrogens with zero attached hydrogens (tertiary/aromatic N) is 3. The molecule has 0 saturated heterocycles. The standard InChI is InChI=1S/C14H8ClN3O2/c15-13-11-3-1-2-4-12(11)16-14(17-13)9-5-7-10(8-6-9)18(19)20/h1-8H. The molecule has 1 heterocycles. The lowest BCUT2D eigenvalue weighted by atomic mass is 10.2. The molecule has 0 radical (unpaired) electrons. The van der Waals surface area contributed by atoms with Crippen LogP contribution in [0.1, 0.15) is 0 Å². The summed E-state index contributed by atoms with van der Waals surface area (Å²) in [4.78, 5) is 18.8. The van der Waals surface area contributed by atoms with Crippen molar-refractivity contribution in [2.75, 3.05) is 0 Å². The summed E-state index contributed by atoms with van der Waals surface area (Å²) in [6.07, 6.45) is 0. The average molecular weight is 286 g/mol. The molecule has 20 heavy (non-hydrogen) atoms. The van der Waals surface area contributed by atoms with Crippen molar-refractivity contribution < 1.29 is 4.92 Å². The van der Waals surface area contributed by atoms with Crippen molar-refractivity contribution in [1.82, 2.24) is 9.97 Å². The summed E-state index contributed by atoms with van der Waals surface area (Å²) < 4.78 is 0. The first-order valence-corrected chi connectivity index (χ1v) is 6.20. The molecule has 3 rings (SSSR count). The first-order valence-electron chi connectivity index (χ1n) is 5.82. The molecular weight excluding hydrogens is 278 g/mol. The third-order valence-corrected chi connectivity index (χ3v) is 3.18. The van der Waals surface area contributed by atoms with Crippen molar-refractivity contribution in [3.8, 4) is 11.4 Å². The minimum absolute atomic E-state index is 0.0284. The molecule has 0 fully saturated rings. The van der Waals surface area contributed by atoms with Crippen LogP contribution in [0, 0.1) is 10.1 Å². The van der Waals surface area contributed by atoms with E-state index in [0.717, 1.165) is 10.9 Å². The number of nitro groups is 1. The molecule has 0 saturated carbocycles. The van der Waals surface area contributed by atoms with Crippen LogP contribution in [-0.4, -0.2) is 14.9 Å². The van der Waals surface area contributed by atoms with Crippen molar-refractivity contribution in [3.63, 3.8) is 0 Å². The molecule has 0 aliphatic heterocycles. The molecule has 98 valence electrons. The largest absolute Gasteiger partial charge is 0.269 e. The van der Waals surface area contributed by atoms with Crippen LogP contribution in [0.15, 0.2) is 48.5 Å². The van der Waals surface area contributed by atoms with Gasteiger partial charge in [0.05, 0.1) is 10.4 Å². The van der Waals surface area contributed by atoms with Gasteiger partial charge in [0.15, 0.2) is 5.82 Å². The number of non-ortho nitro benzene ring substituents is 1. The smallest absolute Gasteiger partial charge is 0.258 e. The van der Waals surface area contributed by atoms with Crippen LogP contribution in [0.4, 0.5) is 5.69 Å². The van der Waals surface area contributed by atoms with Crippen molar-refractivity contribution in [2.24, 2.45) is 0 Å². The van der Waals surface area contributed by atoms with E-state index in [-0.39, 0.29) is 5.69 Å². The van der Waals surface area contributed by atoms with Crippen LogP contribution < -0.4 is 0 Å². The lowest BCUT2D eigenvalue weighted by Crippen LogP contribution is -1.92. The summed E-state index contributed by atoms with van der Waals surface area (Å²) >= 11 is 6.13. The molecular formula is C14H8ClN3O2. The maximum Gasteiger partial charge on any atom is 0.269 e. The lowest BCUT2D eigenvalue weighted by Gasteiger charge is -2.04. The highest BCUT2D eigenvalue weighted by Crippen LogP contribution is 2.25. The van der Waals surface area contributed by atoms with E-state index in [1.54, 1.807) is 12.1 Å². The van der Waals surface area contributed by atoms with Gasteiger partial charge in [0.25, 0.3) is 5.69 Å². The quantitative estimate of drug-likeness (QED) is 0.407. The Morgan fingerprint density at radius 2 is 1.70 bits per heavy atom. The van der Waals surface area contributed by atoms with Crippen LogP contribution in [0.3, 0.4) is 0 Å². The fourth-order valence-electron chi connectivity index (χ4n) is 1.90. The van der Waals surface area contributed by atoms with Gasteiger partial charge >= 0.3 is 0 Å². The molecule has 3 aromatic rings. The van der Waals surface area contributed by atoms with Crippen LogP contribution in [-0.2, 0) is 0 Å². The van der Waals surface area contributed by atoms with Gasteiger partial charge < -0.3 is 0 Å². The van der Waals surface area contributed by atoms with E-state index in [9.17, 15) is 10.1 Å². The van der Waals surface area contributed by atoms with E-state index in [1.807, 2.05) is 24.3 Å². The van der Waals surface area contributed by atoms with E-state index in [2.05, 4.69) is 9.97 Å². The third kappa shape index (κ3) is 2.19. The number of nitro benzene ring substituents is 1. The van der Waals surface area contributed by atoms with Gasteiger partial charge in [-0.15, -0.1) is 0 Å². The van der Waals surface area contributed by atoms with Gasteiger partial charge in [-0.3, -0.25) is 10.1 Å². The molecule has 0 N–H and O–H groups in total. The number of halogens is 1. The molecule has 0 atom stereocenters. The minimum Gasteiger partial charge on any atom is -0.258 e. The predicted molar refractivity (Wildman–Crippen MR) is 76.6 cm³/mol. The minimum atomic E-state index is -0.446. The Bertz CT molecular complexity index is 803. The lowest BCUT2D eigenvalue weighted by molar-refractivity contribution is -0.384. The Balaban J connectivity index is 2.12. The number of rotatable bonds is 2. The van der Waals surface area contributed by atoms with Gasteiger partial charge in [0.1, 0.15) is 5.15 Å². The summed E-state index contributed by atoms with van der Waals surface area (Å²) in [5.41, 5.74) is 1.45. The van der Waals surface area contributed by atoms with E-state index in [1.165, 1.54) is 12.1 Å². The van der Waals surface area contributed by atoms with Gasteiger partial charge in [0, 0.05) is 23.1 Å². The number of hydrogen-bond donors (Lipinski definition) is 0. The monoisotopic (exact) mass is 285 g/mol. The Morgan fingerprint density at radius 3 is 2.40 bits per heavy atom. The predicted octanol–water partition coefficient (Wildman–Crippen LogP) is 3.86. The summed E-state index contributed by atoms with van der Waals surface area (Å²) in [6, 6.07) is 13.5. The summed E-state index contributed by atoms with van der Waals surface area (Å²) in [5, 5.41) is 11.8. The van der Waals surface area contributed by atoms with Gasteiger partial charge in [-0.05, 0) is 24.3 Å². The molecule has 2 aromatic carbocycles. The SMILES string of the molecule is O=[N+]([O-])c1ccc(-c2nc(Cl)c3ccccc3n2)cc1. The Hall–Kier alpha value is -2.53. The van der Waals surface area contributed by atoms with E-state index >= 15 is 0 Å². The molecule has 0 aliphatic rings. The topological polar surface area (TPSA) is 68.9 Å². The molecule has 0 aliphatic carbocycles. The fourth-order valence-corrected chi connectivity index (χ4v) is 2.14. The zero-order valence-electron chi connectivity index (χ0n) is 10.2. The first-order chi connectivity index (χ1) is 9.65. The average Bonchev–Trinajstić information content (AvgIpc) is 2.47. The van der Waals surface area contributed by atoms with Crippen LogP contribution in [0.2, 0.25) is 5.15 Å². The maximum absolute atomic E-state index is 10.6.